The molecule has 0 radical (unpaired) electrons. The maximum Gasteiger partial charge on any atom is 0.0726 e. The second-order valence-electron chi connectivity index (χ2n) is 18.8. The third-order valence-corrected chi connectivity index (χ3v) is 15.1. The zero-order valence-electron chi connectivity index (χ0n) is 35.5. The Labute approximate surface area is 364 Å². The molecule has 294 valence electrons. The SMILES string of the molecule is CC1(C)c2ccccc2-c2ccc(N(c3ccccc3)c3c4c(cc5c3-c3ccc(-c6ccccc6)cc3C53c5ccccc5-c5ccccc53)C(C)(C)c3ccccc3-4)cc21. The molecule has 0 saturated carbocycles. The van der Waals surface area contributed by atoms with Crippen molar-refractivity contribution in [3.63, 3.8) is 0 Å². The van der Waals surface area contributed by atoms with Crippen LogP contribution in [0.15, 0.2) is 200 Å². The fourth-order valence-corrected chi connectivity index (χ4v) is 12.3. The Kier molecular flexibility index (Phi) is 7.12. The van der Waals surface area contributed by atoms with Crippen LogP contribution in [0.25, 0.3) is 55.6 Å². The van der Waals surface area contributed by atoms with Crippen LogP contribution in [0.3, 0.4) is 0 Å². The maximum atomic E-state index is 2.64. The molecule has 0 atom stereocenters. The summed E-state index contributed by atoms with van der Waals surface area (Å²) in [5, 5.41) is 0. The Morgan fingerprint density at radius 1 is 0.290 bits per heavy atom. The van der Waals surface area contributed by atoms with Gasteiger partial charge in [0.05, 0.1) is 11.1 Å². The van der Waals surface area contributed by atoms with Crippen LogP contribution < -0.4 is 4.90 Å². The second kappa shape index (κ2) is 12.4. The van der Waals surface area contributed by atoms with Crippen LogP contribution in [0, 0.1) is 0 Å². The topological polar surface area (TPSA) is 3.24 Å². The van der Waals surface area contributed by atoms with Gasteiger partial charge in [-0.05, 0) is 119 Å². The first-order chi connectivity index (χ1) is 30.3. The number of hydrogen-bond acceptors (Lipinski definition) is 1. The zero-order valence-corrected chi connectivity index (χ0v) is 35.5. The molecule has 9 aromatic rings. The van der Waals surface area contributed by atoms with Gasteiger partial charge in [-0.2, -0.15) is 0 Å². The summed E-state index contributed by atoms with van der Waals surface area (Å²) in [4.78, 5) is 2.62. The molecule has 0 heterocycles. The van der Waals surface area contributed by atoms with Gasteiger partial charge in [-0.15, -0.1) is 0 Å². The van der Waals surface area contributed by atoms with Crippen molar-refractivity contribution < 1.29 is 0 Å². The summed E-state index contributed by atoms with van der Waals surface area (Å²) in [7, 11) is 0. The van der Waals surface area contributed by atoms with Gasteiger partial charge in [0, 0.05) is 33.3 Å². The summed E-state index contributed by atoms with van der Waals surface area (Å²) in [6.45, 7) is 9.66. The molecule has 62 heavy (non-hydrogen) atoms. The maximum absolute atomic E-state index is 2.64. The van der Waals surface area contributed by atoms with Gasteiger partial charge in [0.2, 0.25) is 0 Å². The normalized spacial score (nSPS) is 15.5. The van der Waals surface area contributed by atoms with Crippen LogP contribution in [-0.4, -0.2) is 0 Å². The standard InChI is InChI=1S/C61H45N/c1-59(2)48-27-15-11-23-42(48)45-34-32-41(36-52(45)59)62(40-21-9-6-10-22-40)58-56-46-26-14-16-28-49(46)60(3,4)54(56)37-55-57(58)47-33-31-39(38-19-7-5-8-20-38)35-53(47)61(55)50-29-17-12-24-43(50)44-25-13-18-30-51(44)61/h5-37H,1-4H3. The van der Waals surface area contributed by atoms with E-state index < -0.39 is 5.41 Å². The number of anilines is 3. The molecule has 9 aromatic carbocycles. The Hall–Kier alpha value is -7.22. The molecule has 0 bridgehead atoms. The molecular weight excluding hydrogens is 747 g/mol. The minimum atomic E-state index is -0.540. The molecule has 0 saturated heterocycles. The summed E-state index contributed by atoms with van der Waals surface area (Å²) in [5.41, 5.74) is 26.6. The zero-order chi connectivity index (χ0) is 41.5. The fraction of sp³-hybridized carbons (Fsp3) is 0.115. The lowest BCUT2D eigenvalue weighted by molar-refractivity contribution is 0.657. The van der Waals surface area contributed by atoms with E-state index in [2.05, 4.69) is 233 Å². The number of rotatable bonds is 4. The van der Waals surface area contributed by atoms with Gasteiger partial charge in [-0.1, -0.05) is 198 Å². The third-order valence-electron chi connectivity index (χ3n) is 15.1. The van der Waals surface area contributed by atoms with E-state index in [1.54, 1.807) is 0 Å². The van der Waals surface area contributed by atoms with E-state index in [1.165, 1.54) is 112 Å². The summed E-state index contributed by atoms with van der Waals surface area (Å²) in [6.07, 6.45) is 0. The molecule has 4 aliphatic carbocycles. The minimum Gasteiger partial charge on any atom is -0.309 e. The highest BCUT2D eigenvalue weighted by atomic mass is 15.1. The first-order valence-electron chi connectivity index (χ1n) is 22.1. The predicted octanol–water partition coefficient (Wildman–Crippen LogP) is 15.8. The van der Waals surface area contributed by atoms with Gasteiger partial charge < -0.3 is 4.90 Å². The number of para-hydroxylation sites is 1. The second-order valence-corrected chi connectivity index (χ2v) is 18.8. The van der Waals surface area contributed by atoms with E-state index >= 15 is 0 Å². The van der Waals surface area contributed by atoms with E-state index in [9.17, 15) is 0 Å². The number of hydrogen-bond donors (Lipinski definition) is 0. The van der Waals surface area contributed by atoms with Gasteiger partial charge in [0.15, 0.2) is 0 Å². The summed E-state index contributed by atoms with van der Waals surface area (Å²) >= 11 is 0. The van der Waals surface area contributed by atoms with Crippen molar-refractivity contribution >= 4 is 17.1 Å². The van der Waals surface area contributed by atoms with E-state index in [0.29, 0.717) is 0 Å². The van der Waals surface area contributed by atoms with Gasteiger partial charge in [0.25, 0.3) is 0 Å². The predicted molar refractivity (Wildman–Crippen MR) is 258 cm³/mol. The van der Waals surface area contributed by atoms with Crippen LogP contribution in [-0.2, 0) is 16.2 Å². The molecule has 1 nitrogen and oxygen atoms in total. The molecule has 4 aliphatic rings. The fourth-order valence-electron chi connectivity index (χ4n) is 12.3. The quantitative estimate of drug-likeness (QED) is 0.172. The van der Waals surface area contributed by atoms with Crippen LogP contribution in [0.5, 0.6) is 0 Å². The molecule has 0 amide bonds. The average Bonchev–Trinajstić information content (AvgIpc) is 3.94. The van der Waals surface area contributed by atoms with E-state index in [-0.39, 0.29) is 10.8 Å². The number of benzene rings is 9. The molecule has 0 N–H and O–H groups in total. The summed E-state index contributed by atoms with van der Waals surface area (Å²) < 4.78 is 0. The summed E-state index contributed by atoms with van der Waals surface area (Å²) in [6, 6.07) is 75.9. The third kappa shape index (κ3) is 4.43. The molecule has 0 aromatic heterocycles. The molecule has 1 spiro atoms. The lowest BCUT2D eigenvalue weighted by Gasteiger charge is -2.35. The summed E-state index contributed by atoms with van der Waals surface area (Å²) in [5.74, 6) is 0. The van der Waals surface area contributed by atoms with Crippen molar-refractivity contribution in [2.24, 2.45) is 0 Å². The van der Waals surface area contributed by atoms with Crippen molar-refractivity contribution in [2.75, 3.05) is 4.90 Å². The molecular formula is C61H45N. The van der Waals surface area contributed by atoms with E-state index in [0.717, 1.165) is 5.69 Å². The van der Waals surface area contributed by atoms with Crippen molar-refractivity contribution in [1.29, 1.82) is 0 Å². The van der Waals surface area contributed by atoms with Crippen molar-refractivity contribution in [1.82, 2.24) is 0 Å². The highest BCUT2D eigenvalue weighted by Gasteiger charge is 2.55. The largest absolute Gasteiger partial charge is 0.309 e. The molecule has 0 aliphatic heterocycles. The molecule has 0 unspecified atom stereocenters. The highest BCUT2D eigenvalue weighted by molar-refractivity contribution is 6.09. The Morgan fingerprint density at radius 2 is 0.758 bits per heavy atom. The van der Waals surface area contributed by atoms with Crippen LogP contribution in [0.4, 0.5) is 17.1 Å². The molecule has 0 fully saturated rings. The van der Waals surface area contributed by atoms with Crippen LogP contribution in [0.1, 0.15) is 72.2 Å². The van der Waals surface area contributed by atoms with Gasteiger partial charge in [-0.25, -0.2) is 0 Å². The monoisotopic (exact) mass is 791 g/mol. The average molecular weight is 792 g/mol. The van der Waals surface area contributed by atoms with E-state index in [4.69, 9.17) is 0 Å². The number of nitrogens with zero attached hydrogens (tertiary/aromatic N) is 1. The Morgan fingerprint density at radius 3 is 1.42 bits per heavy atom. The smallest absolute Gasteiger partial charge is 0.0726 e. The van der Waals surface area contributed by atoms with Gasteiger partial charge >= 0.3 is 0 Å². The van der Waals surface area contributed by atoms with Crippen LogP contribution >= 0.6 is 0 Å². The van der Waals surface area contributed by atoms with E-state index in [1.807, 2.05) is 0 Å². The lowest BCUT2D eigenvalue weighted by atomic mass is 9.69. The highest BCUT2D eigenvalue weighted by Crippen LogP contribution is 2.68. The first kappa shape index (κ1) is 35.5. The van der Waals surface area contributed by atoms with Crippen LogP contribution in [0.2, 0.25) is 0 Å². The molecule has 1 heteroatoms. The van der Waals surface area contributed by atoms with Crippen molar-refractivity contribution in [3.05, 3.63) is 245 Å². The molecule has 13 rings (SSSR count). The Bertz CT molecular complexity index is 3300. The van der Waals surface area contributed by atoms with Gasteiger partial charge in [0.1, 0.15) is 0 Å². The Balaban J connectivity index is 1.21. The van der Waals surface area contributed by atoms with Crippen molar-refractivity contribution in [2.45, 2.75) is 43.9 Å². The lowest BCUT2D eigenvalue weighted by Crippen LogP contribution is -2.27. The number of fused-ring (bicyclic) bond motifs is 16. The van der Waals surface area contributed by atoms with Gasteiger partial charge in [-0.3, -0.25) is 0 Å². The first-order valence-corrected chi connectivity index (χ1v) is 22.1. The minimum absolute atomic E-state index is 0.152. The van der Waals surface area contributed by atoms with Crippen molar-refractivity contribution in [3.8, 4) is 55.6 Å².